The second kappa shape index (κ2) is 5.29. The highest BCUT2D eigenvalue weighted by atomic mass is 19.1. The van der Waals surface area contributed by atoms with Gasteiger partial charge < -0.3 is 18.5 Å². The molecule has 0 radical (unpaired) electrons. The minimum Gasteiger partial charge on any atom is -0.596 e. The highest BCUT2D eigenvalue weighted by molar-refractivity contribution is 6.95. The molecule has 1 unspecified atom stereocenters. The van der Waals surface area contributed by atoms with Crippen LogP contribution in [0.3, 0.4) is 0 Å². The zero-order chi connectivity index (χ0) is 15.7. The summed E-state index contributed by atoms with van der Waals surface area (Å²) in [5.74, 6) is 0.184. The van der Waals surface area contributed by atoms with Crippen molar-refractivity contribution >= 4 is 18.4 Å². The summed E-state index contributed by atoms with van der Waals surface area (Å²) in [5, 5.41) is 0. The number of carbonyl (C=O) groups excluding carboxylic acids is 1. The van der Waals surface area contributed by atoms with Crippen LogP contribution in [-0.2, 0) is 9.41 Å². The maximum atomic E-state index is 14.9. The first-order valence-electron chi connectivity index (χ1n) is 6.97. The van der Waals surface area contributed by atoms with E-state index in [1.54, 1.807) is 48.5 Å². The third kappa shape index (κ3) is 2.48. The SMILES string of the molecule is Cc1ccc(C(=O)[B-]2(F)OC(c3ccccc3)=[N+](C)O2)cc1. The number of benzene rings is 2. The van der Waals surface area contributed by atoms with Gasteiger partial charge in [-0.15, -0.1) is 0 Å². The van der Waals surface area contributed by atoms with Gasteiger partial charge in [-0.3, -0.25) is 0 Å². The Hall–Kier alpha value is -2.63. The molecule has 1 heterocycles. The second-order valence-electron chi connectivity index (χ2n) is 5.24. The molecule has 0 amide bonds. The van der Waals surface area contributed by atoms with E-state index in [1.807, 2.05) is 13.0 Å². The van der Waals surface area contributed by atoms with E-state index >= 15 is 0 Å². The Morgan fingerprint density at radius 3 is 2.36 bits per heavy atom. The van der Waals surface area contributed by atoms with E-state index in [-0.39, 0.29) is 11.5 Å². The number of rotatable bonds is 3. The molecule has 4 nitrogen and oxygen atoms in total. The number of hydrogen-bond acceptors (Lipinski definition) is 3. The van der Waals surface area contributed by atoms with Crippen molar-refractivity contribution in [2.75, 3.05) is 7.05 Å². The van der Waals surface area contributed by atoms with Crippen LogP contribution >= 0.6 is 0 Å². The summed E-state index contributed by atoms with van der Waals surface area (Å²) in [5.41, 5.74) is 1.04. The molecule has 0 aliphatic carbocycles. The van der Waals surface area contributed by atoms with Crippen molar-refractivity contribution in [3.63, 3.8) is 0 Å². The molecule has 1 atom stereocenters. The molecule has 0 bridgehead atoms. The molecule has 1 aliphatic heterocycles. The van der Waals surface area contributed by atoms with E-state index in [0.29, 0.717) is 5.56 Å². The fourth-order valence-corrected chi connectivity index (χ4v) is 2.34. The van der Waals surface area contributed by atoms with Gasteiger partial charge in [0.05, 0.1) is 5.56 Å². The van der Waals surface area contributed by atoms with Crippen molar-refractivity contribution in [2.45, 2.75) is 6.92 Å². The Morgan fingerprint density at radius 2 is 1.73 bits per heavy atom. The highest BCUT2D eigenvalue weighted by Crippen LogP contribution is 2.24. The van der Waals surface area contributed by atoms with Crippen molar-refractivity contribution in [1.29, 1.82) is 0 Å². The van der Waals surface area contributed by atoms with Crippen molar-refractivity contribution < 1.29 is 23.3 Å². The summed E-state index contributed by atoms with van der Waals surface area (Å²) in [4.78, 5) is 12.4. The first-order valence-corrected chi connectivity index (χ1v) is 6.97. The van der Waals surface area contributed by atoms with Crippen LogP contribution in [0.2, 0.25) is 0 Å². The molecule has 0 N–H and O–H groups in total. The van der Waals surface area contributed by atoms with E-state index in [0.717, 1.165) is 10.3 Å². The fourth-order valence-electron chi connectivity index (χ4n) is 2.34. The summed E-state index contributed by atoms with van der Waals surface area (Å²) < 4.78 is 26.4. The predicted octanol–water partition coefficient (Wildman–Crippen LogP) is 2.68. The van der Waals surface area contributed by atoms with E-state index in [4.69, 9.17) is 9.41 Å². The smallest absolute Gasteiger partial charge is 0.596 e. The Morgan fingerprint density at radius 1 is 1.09 bits per heavy atom. The third-order valence-corrected chi connectivity index (χ3v) is 3.51. The topological polar surface area (TPSA) is 38.5 Å². The maximum Gasteiger partial charge on any atom is 0.653 e. The van der Waals surface area contributed by atoms with Crippen LogP contribution in [0.5, 0.6) is 0 Å². The lowest BCUT2D eigenvalue weighted by atomic mass is 9.73. The Balaban J connectivity index is 1.88. The number of hydroxylamine groups is 1. The summed E-state index contributed by atoms with van der Waals surface area (Å²) in [7, 11) is 1.51. The highest BCUT2D eigenvalue weighted by Gasteiger charge is 2.53. The summed E-state index contributed by atoms with van der Waals surface area (Å²) >= 11 is 0. The van der Waals surface area contributed by atoms with Crippen LogP contribution in [0.25, 0.3) is 0 Å². The van der Waals surface area contributed by atoms with Crippen molar-refractivity contribution in [3.05, 3.63) is 71.3 Å². The molecule has 2 aromatic carbocycles. The lowest BCUT2D eigenvalue weighted by Gasteiger charge is -2.20. The first-order chi connectivity index (χ1) is 10.5. The van der Waals surface area contributed by atoms with Gasteiger partial charge in [-0.05, 0) is 29.4 Å². The van der Waals surface area contributed by atoms with Crippen LogP contribution < -0.4 is 0 Å². The van der Waals surface area contributed by atoms with Gasteiger partial charge in [0.25, 0.3) is 0 Å². The zero-order valence-electron chi connectivity index (χ0n) is 12.3. The predicted molar refractivity (Wildman–Crippen MR) is 81.3 cm³/mol. The first kappa shape index (κ1) is 14.3. The molecule has 0 saturated heterocycles. The summed E-state index contributed by atoms with van der Waals surface area (Å²) in [6.07, 6.45) is 0. The minimum atomic E-state index is -3.60. The van der Waals surface area contributed by atoms with Crippen LogP contribution in [-0.4, -0.2) is 30.2 Å². The minimum absolute atomic E-state index is 0.184. The summed E-state index contributed by atoms with van der Waals surface area (Å²) in [6.45, 7) is -1.71. The Labute approximate surface area is 127 Å². The van der Waals surface area contributed by atoms with Crippen LogP contribution in [0, 0.1) is 6.92 Å². The number of aryl methyl sites for hydroxylation is 1. The third-order valence-electron chi connectivity index (χ3n) is 3.51. The normalized spacial score (nSPS) is 20.5. The van der Waals surface area contributed by atoms with Crippen LogP contribution in [0.4, 0.5) is 4.32 Å². The van der Waals surface area contributed by atoms with Gasteiger partial charge >= 0.3 is 12.7 Å². The monoisotopic (exact) mass is 299 g/mol. The van der Waals surface area contributed by atoms with E-state index in [9.17, 15) is 9.11 Å². The summed E-state index contributed by atoms with van der Waals surface area (Å²) in [6, 6.07) is 15.6. The van der Waals surface area contributed by atoms with Crippen LogP contribution in [0.1, 0.15) is 21.5 Å². The molecule has 2 aromatic rings. The molecule has 0 saturated carbocycles. The molecule has 0 aromatic heterocycles. The maximum absolute atomic E-state index is 14.9. The van der Waals surface area contributed by atoms with Gasteiger partial charge in [-0.25, -0.2) is 0 Å². The fraction of sp³-hybridized carbons (Fsp3) is 0.125. The molecule has 0 fully saturated rings. The van der Waals surface area contributed by atoms with E-state index in [2.05, 4.69) is 0 Å². The lowest BCUT2D eigenvalue weighted by molar-refractivity contribution is -0.728. The molecule has 1 aliphatic rings. The van der Waals surface area contributed by atoms with Gasteiger partial charge in [-0.2, -0.15) is 0 Å². The molecule has 6 heteroatoms. The van der Waals surface area contributed by atoms with Gasteiger partial charge in [0.15, 0.2) is 7.05 Å². The molecular weight excluding hydrogens is 284 g/mol. The van der Waals surface area contributed by atoms with Crippen LogP contribution in [0.15, 0.2) is 54.6 Å². The molecule has 0 spiro atoms. The number of carbonyl (C=O) groups is 1. The van der Waals surface area contributed by atoms with E-state index < -0.39 is 12.5 Å². The molecule has 22 heavy (non-hydrogen) atoms. The second-order valence-corrected chi connectivity index (χ2v) is 5.24. The van der Waals surface area contributed by atoms with Crippen molar-refractivity contribution in [3.8, 4) is 0 Å². The zero-order valence-corrected chi connectivity index (χ0v) is 12.3. The molecule has 112 valence electrons. The average molecular weight is 299 g/mol. The number of halogens is 1. The van der Waals surface area contributed by atoms with Crippen molar-refractivity contribution in [2.24, 2.45) is 0 Å². The molecular formula is C16H15BFNO3. The number of hydrogen-bond donors (Lipinski definition) is 0. The van der Waals surface area contributed by atoms with Gasteiger partial charge in [-0.1, -0.05) is 48.0 Å². The Bertz CT molecular complexity index is 746. The van der Waals surface area contributed by atoms with Gasteiger partial charge in [0.1, 0.15) is 5.68 Å². The van der Waals surface area contributed by atoms with E-state index in [1.165, 1.54) is 7.05 Å². The van der Waals surface area contributed by atoms with Gasteiger partial charge in [0, 0.05) is 0 Å². The van der Waals surface area contributed by atoms with Crippen molar-refractivity contribution in [1.82, 2.24) is 0 Å². The quantitative estimate of drug-likeness (QED) is 0.646. The number of nitrogens with zero attached hydrogens (tertiary/aromatic N) is 1. The standard InChI is InChI=1S/C16H15BFNO3/c1-12-8-10-13(11-9-12)15(20)17(18)21-16(19(2)22-17)14-6-4-3-5-7-14/h3-11H,1-2H3. The Kier molecular flexibility index (Phi) is 3.44. The largest absolute Gasteiger partial charge is 0.653 e. The van der Waals surface area contributed by atoms with Gasteiger partial charge in [0.2, 0.25) is 0 Å². The molecule has 3 rings (SSSR count). The average Bonchev–Trinajstić information content (AvgIpc) is 2.84. The lowest BCUT2D eigenvalue weighted by Crippen LogP contribution is -2.44.